The van der Waals surface area contributed by atoms with E-state index in [0.29, 0.717) is 5.76 Å². The number of halogens is 1. The van der Waals surface area contributed by atoms with Gasteiger partial charge >= 0.3 is 5.88 Å². The van der Waals surface area contributed by atoms with Gasteiger partial charge in [-0.15, -0.1) is 12.4 Å². The van der Waals surface area contributed by atoms with Gasteiger partial charge in [0.15, 0.2) is 0 Å². The van der Waals surface area contributed by atoms with Crippen LogP contribution in [0.1, 0.15) is 17.4 Å². The summed E-state index contributed by atoms with van der Waals surface area (Å²) in [7, 11) is 0. The van der Waals surface area contributed by atoms with Crippen molar-refractivity contribution in [1.29, 1.82) is 0 Å². The molecule has 0 unspecified atom stereocenters. The first-order valence-corrected chi connectivity index (χ1v) is 5.14. The van der Waals surface area contributed by atoms with Crippen molar-refractivity contribution < 1.29 is 9.34 Å². The molecule has 0 amide bonds. The van der Waals surface area contributed by atoms with E-state index in [1.165, 1.54) is 23.5 Å². The van der Waals surface area contributed by atoms with E-state index in [1.807, 2.05) is 16.8 Å². The van der Waals surface area contributed by atoms with Crippen LogP contribution in [0.4, 0.5) is 5.88 Å². The summed E-state index contributed by atoms with van der Waals surface area (Å²) >= 11 is 1.52. The Kier molecular flexibility index (Phi) is 4.05. The Hall–Kier alpha value is -1.37. The van der Waals surface area contributed by atoms with Crippen molar-refractivity contribution in [3.05, 3.63) is 50.4 Å². The molecular weight excluding hydrogens is 252 g/mol. The number of hydrogen-bond donors (Lipinski definition) is 1. The van der Waals surface area contributed by atoms with Crippen LogP contribution < -0.4 is 5.73 Å². The molecule has 0 spiro atoms. The Labute approximate surface area is 101 Å². The average molecular weight is 261 g/mol. The molecule has 0 aliphatic carbocycles. The molecule has 0 saturated heterocycles. The number of rotatable bonds is 3. The lowest BCUT2D eigenvalue weighted by Crippen LogP contribution is -2.09. The van der Waals surface area contributed by atoms with E-state index >= 15 is 0 Å². The third kappa shape index (κ3) is 2.41. The van der Waals surface area contributed by atoms with Crippen molar-refractivity contribution in [3.8, 4) is 0 Å². The number of furan rings is 1. The van der Waals surface area contributed by atoms with Gasteiger partial charge in [-0.05, 0) is 28.5 Å². The first-order chi connectivity index (χ1) is 7.18. The lowest BCUT2D eigenvalue weighted by molar-refractivity contribution is -0.402. The Morgan fingerprint density at radius 2 is 2.19 bits per heavy atom. The number of nitrogens with two attached hydrogens (primary N) is 1. The fraction of sp³-hybridized carbons (Fsp3) is 0.111. The Morgan fingerprint density at radius 1 is 1.44 bits per heavy atom. The van der Waals surface area contributed by atoms with Crippen LogP contribution in [0, 0.1) is 10.1 Å². The highest BCUT2D eigenvalue weighted by Crippen LogP contribution is 2.25. The van der Waals surface area contributed by atoms with E-state index in [1.54, 1.807) is 0 Å². The highest BCUT2D eigenvalue weighted by molar-refractivity contribution is 7.07. The highest BCUT2D eigenvalue weighted by atomic mass is 35.5. The van der Waals surface area contributed by atoms with Gasteiger partial charge in [0, 0.05) is 0 Å². The van der Waals surface area contributed by atoms with E-state index in [0.717, 1.165) is 5.56 Å². The quantitative estimate of drug-likeness (QED) is 0.679. The van der Waals surface area contributed by atoms with Crippen molar-refractivity contribution in [1.82, 2.24) is 0 Å². The van der Waals surface area contributed by atoms with Gasteiger partial charge in [-0.1, -0.05) is 0 Å². The third-order valence-corrected chi connectivity index (χ3v) is 2.70. The van der Waals surface area contributed by atoms with Crippen molar-refractivity contribution >= 4 is 29.6 Å². The number of nitro groups is 1. The van der Waals surface area contributed by atoms with Crippen molar-refractivity contribution in [2.45, 2.75) is 6.04 Å². The van der Waals surface area contributed by atoms with Crippen LogP contribution in [0.15, 0.2) is 33.4 Å². The summed E-state index contributed by atoms with van der Waals surface area (Å²) in [4.78, 5) is 9.82. The van der Waals surface area contributed by atoms with Crippen LogP contribution in [0.2, 0.25) is 0 Å². The van der Waals surface area contributed by atoms with Crippen LogP contribution in [0.3, 0.4) is 0 Å². The van der Waals surface area contributed by atoms with Gasteiger partial charge in [0.05, 0.1) is 12.1 Å². The maximum atomic E-state index is 10.4. The second-order valence-corrected chi connectivity index (χ2v) is 3.75. The van der Waals surface area contributed by atoms with E-state index < -0.39 is 11.0 Å². The molecule has 1 atom stereocenters. The number of hydrogen-bond acceptors (Lipinski definition) is 5. The molecule has 0 radical (unpaired) electrons. The predicted octanol–water partition coefficient (Wildman–Crippen LogP) is 2.72. The second-order valence-electron chi connectivity index (χ2n) is 2.97. The monoisotopic (exact) mass is 260 g/mol. The van der Waals surface area contributed by atoms with Gasteiger partial charge in [0.2, 0.25) is 0 Å². The lowest BCUT2D eigenvalue weighted by atomic mass is 10.1. The largest absolute Gasteiger partial charge is 0.433 e. The predicted molar refractivity (Wildman–Crippen MR) is 63.0 cm³/mol. The fourth-order valence-corrected chi connectivity index (χ4v) is 1.92. The Morgan fingerprint density at radius 3 is 2.69 bits per heavy atom. The normalized spacial score (nSPS) is 11.8. The first-order valence-electron chi connectivity index (χ1n) is 4.20. The molecule has 0 aliphatic heterocycles. The molecule has 2 heterocycles. The lowest BCUT2D eigenvalue weighted by Gasteiger charge is -2.04. The standard InChI is InChI=1S/C9H8N2O3S.ClH/c10-9(6-3-4-15-5-6)7-1-2-8(14-7)11(12)13;/h1-5,9H,10H2;1H/t9-;/m1./s1. The minimum Gasteiger partial charge on any atom is -0.404 e. The molecule has 2 rings (SSSR count). The van der Waals surface area contributed by atoms with Crippen LogP contribution in [-0.2, 0) is 0 Å². The minimum absolute atomic E-state index is 0. The molecule has 2 N–H and O–H groups in total. The summed E-state index contributed by atoms with van der Waals surface area (Å²) in [5.74, 6) is 0.121. The molecule has 16 heavy (non-hydrogen) atoms. The first kappa shape index (κ1) is 12.7. The van der Waals surface area contributed by atoms with Gasteiger partial charge < -0.3 is 10.2 Å². The van der Waals surface area contributed by atoms with Crippen LogP contribution in [-0.4, -0.2) is 4.92 Å². The molecule has 0 bridgehead atoms. The number of nitrogens with zero attached hydrogens (tertiary/aromatic N) is 1. The van der Waals surface area contributed by atoms with E-state index in [-0.39, 0.29) is 18.3 Å². The summed E-state index contributed by atoms with van der Waals surface area (Å²) in [6.45, 7) is 0. The Balaban J connectivity index is 0.00000128. The molecular formula is C9H9ClN2O3S. The van der Waals surface area contributed by atoms with Gasteiger partial charge in [-0.25, -0.2) is 0 Å². The molecule has 0 saturated carbocycles. The van der Waals surface area contributed by atoms with Crippen molar-refractivity contribution in [2.24, 2.45) is 5.73 Å². The van der Waals surface area contributed by atoms with E-state index in [9.17, 15) is 10.1 Å². The van der Waals surface area contributed by atoms with Crippen LogP contribution in [0.5, 0.6) is 0 Å². The Bertz CT molecular complexity index is 469. The smallest absolute Gasteiger partial charge is 0.404 e. The molecule has 86 valence electrons. The molecule has 2 aromatic heterocycles. The fourth-order valence-electron chi connectivity index (χ4n) is 1.22. The zero-order valence-electron chi connectivity index (χ0n) is 8.03. The minimum atomic E-state index is -0.580. The molecule has 5 nitrogen and oxygen atoms in total. The van der Waals surface area contributed by atoms with Crippen molar-refractivity contribution in [3.63, 3.8) is 0 Å². The summed E-state index contributed by atoms with van der Waals surface area (Å²) in [6.07, 6.45) is 0. The van der Waals surface area contributed by atoms with Gasteiger partial charge in [-0.3, -0.25) is 10.1 Å². The third-order valence-electron chi connectivity index (χ3n) is 2.00. The van der Waals surface area contributed by atoms with Gasteiger partial charge in [0.25, 0.3) is 0 Å². The second kappa shape index (κ2) is 5.11. The zero-order valence-corrected chi connectivity index (χ0v) is 9.66. The maximum Gasteiger partial charge on any atom is 0.433 e. The van der Waals surface area contributed by atoms with Crippen LogP contribution >= 0.6 is 23.7 Å². The van der Waals surface area contributed by atoms with E-state index in [2.05, 4.69) is 0 Å². The zero-order chi connectivity index (χ0) is 10.8. The van der Waals surface area contributed by atoms with Crippen molar-refractivity contribution in [2.75, 3.05) is 0 Å². The van der Waals surface area contributed by atoms with E-state index in [4.69, 9.17) is 10.2 Å². The van der Waals surface area contributed by atoms with Gasteiger partial charge in [0.1, 0.15) is 10.7 Å². The number of thiophene rings is 1. The molecule has 0 aliphatic rings. The molecule has 2 aromatic rings. The SMILES string of the molecule is Cl.N[C@H](c1ccsc1)c1ccc([N+](=O)[O-])o1. The molecule has 7 heteroatoms. The summed E-state index contributed by atoms with van der Waals surface area (Å²) < 4.78 is 5.01. The van der Waals surface area contributed by atoms with Crippen LogP contribution in [0.25, 0.3) is 0 Å². The summed E-state index contributed by atoms with van der Waals surface area (Å²) in [5.41, 5.74) is 6.76. The van der Waals surface area contributed by atoms with Gasteiger partial charge in [-0.2, -0.15) is 11.3 Å². The topological polar surface area (TPSA) is 82.3 Å². The molecule has 0 aromatic carbocycles. The highest BCUT2D eigenvalue weighted by Gasteiger charge is 2.18. The summed E-state index contributed by atoms with van der Waals surface area (Å²) in [5, 5.41) is 14.2. The molecule has 0 fully saturated rings. The summed E-state index contributed by atoms with van der Waals surface area (Å²) in [6, 6.07) is 4.26. The maximum absolute atomic E-state index is 10.4. The average Bonchev–Trinajstić information content (AvgIpc) is 2.88.